The van der Waals surface area contributed by atoms with Crippen LogP contribution in [0.5, 0.6) is 0 Å². The van der Waals surface area contributed by atoms with Crippen molar-refractivity contribution in [1.29, 1.82) is 0 Å². The zero-order valence-corrected chi connectivity index (χ0v) is 18.6. The molecular weight excluding hydrogens is 408 g/mol. The molecule has 0 spiro atoms. The van der Waals surface area contributed by atoms with Crippen molar-refractivity contribution in [2.75, 3.05) is 24.2 Å². The number of hydrogen-bond acceptors (Lipinski definition) is 4. The highest BCUT2D eigenvalue weighted by Crippen LogP contribution is 2.24. The molecule has 1 N–H and O–H groups in total. The van der Waals surface area contributed by atoms with Gasteiger partial charge in [0.25, 0.3) is 5.91 Å². The van der Waals surface area contributed by atoms with Crippen molar-refractivity contribution in [3.05, 3.63) is 71.5 Å². The molecule has 2 aromatic carbocycles. The van der Waals surface area contributed by atoms with Crippen LogP contribution >= 0.6 is 11.8 Å². The van der Waals surface area contributed by atoms with E-state index in [0.717, 1.165) is 36.8 Å². The van der Waals surface area contributed by atoms with Crippen LogP contribution < -0.4 is 5.32 Å². The molecule has 6 nitrogen and oxygen atoms in total. The number of benzene rings is 2. The number of nitrogens with one attached hydrogen (secondary N) is 1. The molecule has 3 aromatic rings. The number of amides is 2. The number of rotatable bonds is 6. The van der Waals surface area contributed by atoms with E-state index in [1.54, 1.807) is 30.5 Å². The summed E-state index contributed by atoms with van der Waals surface area (Å²) in [5, 5.41) is 3.67. The van der Waals surface area contributed by atoms with Crippen LogP contribution in [0.15, 0.2) is 60.0 Å². The molecule has 1 aliphatic heterocycles. The Balaban J connectivity index is 1.40. The van der Waals surface area contributed by atoms with Gasteiger partial charge >= 0.3 is 0 Å². The quantitative estimate of drug-likeness (QED) is 0.582. The molecule has 4 rings (SSSR count). The lowest BCUT2D eigenvalue weighted by molar-refractivity contribution is -0.113. The molecule has 7 heteroatoms. The average molecular weight is 435 g/mol. The minimum Gasteiger partial charge on any atom is -0.339 e. The van der Waals surface area contributed by atoms with Gasteiger partial charge in [0.1, 0.15) is 0 Å². The Morgan fingerprint density at radius 1 is 1.10 bits per heavy atom. The van der Waals surface area contributed by atoms with Crippen molar-refractivity contribution in [2.45, 2.75) is 31.8 Å². The SMILES string of the molecule is Cc1cccc(-n2ccnc2SCC(=O)Nc2cccc(C(=O)N3CCCC3)c2)c1C. The standard InChI is InChI=1S/C24H26N4O2S/c1-17-7-5-10-21(18(17)2)28-14-11-25-24(28)31-16-22(29)26-20-9-6-8-19(15-20)23(30)27-12-3-4-13-27/h5-11,14-15H,3-4,12-13,16H2,1-2H3,(H,26,29). The van der Waals surface area contributed by atoms with Gasteiger partial charge in [0.05, 0.1) is 11.4 Å². The second-order valence-corrected chi connectivity index (χ2v) is 8.66. The van der Waals surface area contributed by atoms with Gasteiger partial charge in [0, 0.05) is 36.7 Å². The lowest BCUT2D eigenvalue weighted by Crippen LogP contribution is -2.27. The Kier molecular flexibility index (Phi) is 6.42. The first-order valence-electron chi connectivity index (χ1n) is 10.4. The van der Waals surface area contributed by atoms with E-state index in [1.807, 2.05) is 21.7 Å². The number of hydrogen-bond donors (Lipinski definition) is 1. The maximum Gasteiger partial charge on any atom is 0.253 e. The van der Waals surface area contributed by atoms with Crippen molar-refractivity contribution in [3.63, 3.8) is 0 Å². The molecule has 0 radical (unpaired) electrons. The van der Waals surface area contributed by atoms with E-state index in [1.165, 1.54) is 22.9 Å². The Morgan fingerprint density at radius 3 is 2.68 bits per heavy atom. The molecule has 0 saturated carbocycles. The average Bonchev–Trinajstić information content (AvgIpc) is 3.46. The summed E-state index contributed by atoms with van der Waals surface area (Å²) in [4.78, 5) is 31.4. The summed E-state index contributed by atoms with van der Waals surface area (Å²) in [7, 11) is 0. The van der Waals surface area contributed by atoms with Crippen molar-refractivity contribution in [2.24, 2.45) is 0 Å². The fourth-order valence-electron chi connectivity index (χ4n) is 3.74. The molecule has 160 valence electrons. The van der Waals surface area contributed by atoms with Gasteiger partial charge in [-0.1, -0.05) is 30.0 Å². The van der Waals surface area contributed by atoms with E-state index >= 15 is 0 Å². The van der Waals surface area contributed by atoms with Gasteiger partial charge in [-0.25, -0.2) is 4.98 Å². The molecule has 1 fully saturated rings. The van der Waals surface area contributed by atoms with E-state index in [-0.39, 0.29) is 17.6 Å². The maximum absolute atomic E-state index is 12.6. The lowest BCUT2D eigenvalue weighted by Gasteiger charge is -2.16. The Morgan fingerprint density at radius 2 is 1.87 bits per heavy atom. The molecule has 0 atom stereocenters. The van der Waals surface area contributed by atoms with Crippen LogP contribution in [-0.2, 0) is 4.79 Å². The summed E-state index contributed by atoms with van der Waals surface area (Å²) in [6, 6.07) is 13.3. The van der Waals surface area contributed by atoms with Crippen LogP contribution in [0.4, 0.5) is 5.69 Å². The third-order valence-electron chi connectivity index (χ3n) is 5.56. The Labute approximate surface area is 186 Å². The third kappa shape index (κ3) is 4.82. The van der Waals surface area contributed by atoms with E-state index in [0.29, 0.717) is 11.3 Å². The van der Waals surface area contributed by atoms with Crippen molar-refractivity contribution < 1.29 is 9.59 Å². The summed E-state index contributed by atoms with van der Waals surface area (Å²) < 4.78 is 2.01. The summed E-state index contributed by atoms with van der Waals surface area (Å²) >= 11 is 1.39. The van der Waals surface area contributed by atoms with Crippen LogP contribution in [0.2, 0.25) is 0 Å². The van der Waals surface area contributed by atoms with E-state index in [4.69, 9.17) is 0 Å². The molecule has 1 aromatic heterocycles. The van der Waals surface area contributed by atoms with Gasteiger partial charge in [-0.3, -0.25) is 14.2 Å². The van der Waals surface area contributed by atoms with Gasteiger partial charge in [-0.2, -0.15) is 0 Å². The highest BCUT2D eigenvalue weighted by atomic mass is 32.2. The molecule has 2 amide bonds. The lowest BCUT2D eigenvalue weighted by atomic mass is 10.1. The number of thioether (sulfide) groups is 1. The first-order valence-corrected chi connectivity index (χ1v) is 11.4. The summed E-state index contributed by atoms with van der Waals surface area (Å²) in [5.41, 5.74) is 4.70. The number of nitrogens with zero attached hydrogens (tertiary/aromatic N) is 3. The number of carbonyl (C=O) groups excluding carboxylic acids is 2. The molecule has 31 heavy (non-hydrogen) atoms. The first-order chi connectivity index (χ1) is 15.0. The van der Waals surface area contributed by atoms with E-state index in [2.05, 4.69) is 36.3 Å². The molecule has 0 bridgehead atoms. The van der Waals surface area contributed by atoms with Crippen LogP contribution in [0, 0.1) is 13.8 Å². The van der Waals surface area contributed by atoms with Gasteiger partial charge in [0.15, 0.2) is 5.16 Å². The summed E-state index contributed by atoms with van der Waals surface area (Å²) in [6.45, 7) is 5.78. The fraction of sp³-hybridized carbons (Fsp3) is 0.292. The number of anilines is 1. The van der Waals surface area contributed by atoms with Crippen LogP contribution in [0.1, 0.15) is 34.3 Å². The third-order valence-corrected chi connectivity index (χ3v) is 6.53. The number of aryl methyl sites for hydroxylation is 1. The number of imidazole rings is 1. The molecule has 0 unspecified atom stereocenters. The molecule has 1 aliphatic rings. The zero-order valence-electron chi connectivity index (χ0n) is 17.8. The van der Waals surface area contributed by atoms with Crippen molar-refractivity contribution in [3.8, 4) is 5.69 Å². The fourth-order valence-corrected chi connectivity index (χ4v) is 4.50. The predicted octanol–water partition coefficient (Wildman–Crippen LogP) is 4.46. The monoisotopic (exact) mass is 434 g/mol. The minimum absolute atomic E-state index is 0.0264. The summed E-state index contributed by atoms with van der Waals surface area (Å²) in [6.07, 6.45) is 5.76. The number of carbonyl (C=O) groups is 2. The van der Waals surface area contributed by atoms with Gasteiger partial charge in [-0.05, 0) is 62.1 Å². The Hall–Kier alpha value is -3.06. The smallest absolute Gasteiger partial charge is 0.253 e. The molecule has 2 heterocycles. The van der Waals surface area contributed by atoms with E-state index in [9.17, 15) is 9.59 Å². The first kappa shape index (κ1) is 21.2. The van der Waals surface area contributed by atoms with Crippen molar-refractivity contribution in [1.82, 2.24) is 14.5 Å². The van der Waals surface area contributed by atoms with Crippen LogP contribution in [-0.4, -0.2) is 45.1 Å². The minimum atomic E-state index is -0.133. The predicted molar refractivity (Wildman–Crippen MR) is 124 cm³/mol. The van der Waals surface area contributed by atoms with Crippen molar-refractivity contribution >= 4 is 29.3 Å². The summed E-state index contributed by atoms with van der Waals surface area (Å²) in [5.74, 6) is 0.122. The van der Waals surface area contributed by atoms with Crippen LogP contribution in [0.3, 0.4) is 0 Å². The highest BCUT2D eigenvalue weighted by Gasteiger charge is 2.19. The van der Waals surface area contributed by atoms with Gasteiger partial charge in [-0.15, -0.1) is 0 Å². The van der Waals surface area contributed by atoms with Gasteiger partial charge in [0.2, 0.25) is 5.91 Å². The van der Waals surface area contributed by atoms with E-state index < -0.39 is 0 Å². The molecule has 1 saturated heterocycles. The van der Waals surface area contributed by atoms with Gasteiger partial charge < -0.3 is 10.2 Å². The molecule has 0 aliphatic carbocycles. The second-order valence-electron chi connectivity index (χ2n) is 7.72. The maximum atomic E-state index is 12.6. The second kappa shape index (κ2) is 9.39. The topological polar surface area (TPSA) is 67.2 Å². The number of aromatic nitrogens is 2. The largest absolute Gasteiger partial charge is 0.339 e. The highest BCUT2D eigenvalue weighted by molar-refractivity contribution is 7.99. The normalized spacial score (nSPS) is 13.4. The molecular formula is C24H26N4O2S. The number of likely N-dealkylation sites (tertiary alicyclic amines) is 1. The van der Waals surface area contributed by atoms with Crippen LogP contribution in [0.25, 0.3) is 5.69 Å². The zero-order chi connectivity index (χ0) is 21.8. The Bertz CT molecular complexity index is 1100.